The second-order valence-corrected chi connectivity index (χ2v) is 8.43. The van der Waals surface area contributed by atoms with Crippen LogP contribution >= 0.6 is 0 Å². The number of anilines is 1. The van der Waals surface area contributed by atoms with E-state index in [9.17, 15) is 18.0 Å². The molecule has 1 saturated heterocycles. The van der Waals surface area contributed by atoms with Gasteiger partial charge >= 0.3 is 0 Å². The van der Waals surface area contributed by atoms with Crippen LogP contribution in [0.1, 0.15) is 24.8 Å². The van der Waals surface area contributed by atoms with Crippen LogP contribution in [0.4, 0.5) is 5.69 Å². The Balaban J connectivity index is 1.52. The van der Waals surface area contributed by atoms with E-state index in [-0.39, 0.29) is 35.6 Å². The summed E-state index contributed by atoms with van der Waals surface area (Å²) in [5, 5.41) is 0. The van der Waals surface area contributed by atoms with Crippen molar-refractivity contribution in [3.63, 3.8) is 0 Å². The molecule has 0 spiro atoms. The summed E-state index contributed by atoms with van der Waals surface area (Å²) in [6.07, 6.45) is 2.45. The molecule has 7 nitrogen and oxygen atoms in total. The van der Waals surface area contributed by atoms with Gasteiger partial charge in [0.2, 0.25) is 21.8 Å². The average Bonchev–Trinajstić information content (AvgIpc) is 3.24. The number of nitrogens with zero attached hydrogens (tertiary/aromatic N) is 2. The lowest BCUT2D eigenvalue weighted by molar-refractivity contribution is -0.128. The molecule has 0 bridgehead atoms. The van der Waals surface area contributed by atoms with Gasteiger partial charge in [-0.3, -0.25) is 9.59 Å². The van der Waals surface area contributed by atoms with Crippen molar-refractivity contribution < 1.29 is 18.0 Å². The van der Waals surface area contributed by atoms with Crippen molar-refractivity contribution in [3.8, 4) is 0 Å². The van der Waals surface area contributed by atoms with Gasteiger partial charge in [-0.1, -0.05) is 0 Å². The van der Waals surface area contributed by atoms with Crippen LogP contribution in [0.5, 0.6) is 0 Å². The quantitative estimate of drug-likeness (QED) is 0.844. The van der Waals surface area contributed by atoms with Crippen LogP contribution in [-0.2, 0) is 26.0 Å². The van der Waals surface area contributed by atoms with Gasteiger partial charge in [0, 0.05) is 37.8 Å². The molecule has 24 heavy (non-hydrogen) atoms. The van der Waals surface area contributed by atoms with Gasteiger partial charge in [-0.2, -0.15) is 0 Å². The topological polar surface area (TPSA) is 86.8 Å². The Kier molecular flexibility index (Phi) is 3.43. The Bertz CT molecular complexity index is 832. The number of carbonyl (C=O) groups excluding carboxylic acids is 2. The fraction of sp³-hybridized carbons (Fsp3) is 0.500. The number of nitrogens with one attached hydrogen (secondary N) is 1. The minimum atomic E-state index is -3.71. The number of carbonyl (C=O) groups is 2. The minimum Gasteiger partial charge on any atom is -0.338 e. The van der Waals surface area contributed by atoms with E-state index >= 15 is 0 Å². The van der Waals surface area contributed by atoms with Crippen molar-refractivity contribution >= 4 is 27.5 Å². The highest BCUT2D eigenvalue weighted by molar-refractivity contribution is 7.89. The number of hydrogen-bond donors (Lipinski definition) is 1. The largest absolute Gasteiger partial charge is 0.338 e. The number of likely N-dealkylation sites (tertiary alicyclic amines) is 1. The molecule has 1 aromatic rings. The lowest BCUT2D eigenvalue weighted by Crippen LogP contribution is -2.37. The molecule has 2 amide bonds. The van der Waals surface area contributed by atoms with Crippen LogP contribution in [0.15, 0.2) is 23.1 Å². The summed E-state index contributed by atoms with van der Waals surface area (Å²) in [5.74, 6) is -0.0275. The average molecular weight is 349 g/mol. The zero-order valence-corrected chi connectivity index (χ0v) is 14.2. The second-order valence-electron chi connectivity index (χ2n) is 6.72. The number of rotatable bonds is 4. The summed E-state index contributed by atoms with van der Waals surface area (Å²) >= 11 is 0. The van der Waals surface area contributed by atoms with E-state index < -0.39 is 10.0 Å². The lowest BCUT2D eigenvalue weighted by atomic mass is 10.2. The van der Waals surface area contributed by atoms with Crippen LogP contribution in [0, 0.1) is 0 Å². The Labute approximate surface area is 140 Å². The Hall–Kier alpha value is -1.93. The maximum atomic E-state index is 12.6. The molecule has 8 heteroatoms. The summed E-state index contributed by atoms with van der Waals surface area (Å²) in [6, 6.07) is 4.62. The van der Waals surface area contributed by atoms with E-state index in [1.807, 2.05) is 0 Å². The highest BCUT2D eigenvalue weighted by Gasteiger charge is 2.40. The fourth-order valence-corrected chi connectivity index (χ4v) is 4.73. The van der Waals surface area contributed by atoms with Gasteiger partial charge in [-0.25, -0.2) is 13.1 Å². The smallest absolute Gasteiger partial charge is 0.240 e. The minimum absolute atomic E-state index is 0.0198. The molecule has 2 fully saturated rings. The summed E-state index contributed by atoms with van der Waals surface area (Å²) in [4.78, 5) is 27.1. The van der Waals surface area contributed by atoms with Gasteiger partial charge < -0.3 is 9.80 Å². The molecule has 2 aliphatic heterocycles. The molecule has 1 unspecified atom stereocenters. The first-order chi connectivity index (χ1) is 11.3. The Morgan fingerprint density at radius 2 is 1.92 bits per heavy atom. The number of likely N-dealkylation sites (N-methyl/N-ethyl adjacent to an activating group) is 1. The third-order valence-electron chi connectivity index (χ3n) is 4.91. The van der Waals surface area contributed by atoms with Crippen molar-refractivity contribution in [1.82, 2.24) is 9.62 Å². The highest BCUT2D eigenvalue weighted by Crippen LogP contribution is 2.32. The number of fused-ring (bicyclic) bond motifs is 1. The summed E-state index contributed by atoms with van der Waals surface area (Å²) in [7, 11) is -2.03. The van der Waals surface area contributed by atoms with Crippen LogP contribution in [0.2, 0.25) is 0 Å². The maximum absolute atomic E-state index is 12.6. The first-order valence-electron chi connectivity index (χ1n) is 8.06. The number of amides is 2. The highest BCUT2D eigenvalue weighted by atomic mass is 32.2. The van der Waals surface area contributed by atoms with E-state index in [1.54, 1.807) is 24.1 Å². The van der Waals surface area contributed by atoms with Gasteiger partial charge in [-0.05, 0) is 36.6 Å². The normalized spacial score (nSPS) is 24.0. The van der Waals surface area contributed by atoms with Crippen LogP contribution < -0.4 is 9.62 Å². The van der Waals surface area contributed by atoms with E-state index in [2.05, 4.69) is 4.72 Å². The summed E-state index contributed by atoms with van der Waals surface area (Å²) in [5.41, 5.74) is 1.46. The molecule has 4 rings (SSSR count). The first kappa shape index (κ1) is 15.6. The molecule has 0 aromatic heterocycles. The molecule has 1 atom stereocenters. The standard InChI is InChI=1S/C16H19N3O4S/c1-18-14-5-4-13(6-10(14)7-15(18)20)24(22,23)17-11-8-16(21)19(9-11)12-2-3-12/h4-6,11-12,17H,2-3,7-9H2,1H3. The molecule has 1 aromatic carbocycles. The number of sulfonamides is 1. The van der Waals surface area contributed by atoms with Crippen molar-refractivity contribution in [3.05, 3.63) is 23.8 Å². The summed E-state index contributed by atoms with van der Waals surface area (Å²) < 4.78 is 27.9. The molecule has 2 heterocycles. The van der Waals surface area contributed by atoms with Crippen molar-refractivity contribution in [2.45, 2.75) is 42.7 Å². The monoisotopic (exact) mass is 349 g/mol. The first-order valence-corrected chi connectivity index (χ1v) is 9.55. The third-order valence-corrected chi connectivity index (χ3v) is 6.42. The van der Waals surface area contributed by atoms with Gasteiger partial charge in [0.25, 0.3) is 0 Å². The fourth-order valence-electron chi connectivity index (χ4n) is 3.45. The molecule has 1 saturated carbocycles. The van der Waals surface area contributed by atoms with Gasteiger partial charge in [0.05, 0.1) is 11.3 Å². The third kappa shape index (κ3) is 2.59. The van der Waals surface area contributed by atoms with Crippen LogP contribution in [0.25, 0.3) is 0 Å². The molecule has 1 aliphatic carbocycles. The van der Waals surface area contributed by atoms with Crippen molar-refractivity contribution in [1.29, 1.82) is 0 Å². The molecule has 3 aliphatic rings. The zero-order chi connectivity index (χ0) is 17.1. The predicted octanol–water partition coefficient (Wildman–Crippen LogP) is 0.247. The molecular weight excluding hydrogens is 330 g/mol. The summed E-state index contributed by atoms with van der Waals surface area (Å²) in [6.45, 7) is 0.439. The lowest BCUT2D eigenvalue weighted by Gasteiger charge is -2.16. The zero-order valence-electron chi connectivity index (χ0n) is 13.4. The van der Waals surface area contributed by atoms with Gasteiger partial charge in [0.15, 0.2) is 0 Å². The molecule has 0 radical (unpaired) electrons. The van der Waals surface area contributed by atoms with E-state index in [0.29, 0.717) is 18.2 Å². The molecular formula is C16H19N3O4S. The van der Waals surface area contributed by atoms with E-state index in [0.717, 1.165) is 18.5 Å². The van der Waals surface area contributed by atoms with E-state index in [4.69, 9.17) is 0 Å². The van der Waals surface area contributed by atoms with Crippen LogP contribution in [0.3, 0.4) is 0 Å². The second kappa shape index (κ2) is 5.29. The molecule has 1 N–H and O–H groups in total. The van der Waals surface area contributed by atoms with E-state index in [1.165, 1.54) is 11.0 Å². The SMILES string of the molecule is CN1C(=O)Cc2cc(S(=O)(=O)NC3CC(=O)N(C4CC4)C3)ccc21. The number of benzene rings is 1. The maximum Gasteiger partial charge on any atom is 0.240 e. The number of hydrogen-bond acceptors (Lipinski definition) is 4. The predicted molar refractivity (Wildman–Crippen MR) is 87.0 cm³/mol. The Morgan fingerprint density at radius 3 is 2.62 bits per heavy atom. The van der Waals surface area contributed by atoms with Crippen LogP contribution in [-0.4, -0.2) is 50.8 Å². The van der Waals surface area contributed by atoms with Crippen molar-refractivity contribution in [2.75, 3.05) is 18.5 Å². The van der Waals surface area contributed by atoms with Gasteiger partial charge in [-0.15, -0.1) is 0 Å². The Morgan fingerprint density at radius 1 is 1.17 bits per heavy atom. The van der Waals surface area contributed by atoms with Crippen molar-refractivity contribution in [2.24, 2.45) is 0 Å². The molecule has 128 valence electrons. The van der Waals surface area contributed by atoms with Gasteiger partial charge in [0.1, 0.15) is 0 Å².